The van der Waals surface area contributed by atoms with Crippen LogP contribution < -0.4 is 10.2 Å². The zero-order valence-electron chi connectivity index (χ0n) is 12.4. The molecule has 0 aromatic carbocycles. The Morgan fingerprint density at radius 2 is 1.95 bits per heavy atom. The number of nitrogens with zero attached hydrogens (tertiary/aromatic N) is 3. The lowest BCUT2D eigenvalue weighted by atomic mass is 9.94. The van der Waals surface area contributed by atoms with Crippen molar-refractivity contribution in [2.75, 3.05) is 23.3 Å². The monoisotopic (exact) mass is 262 g/mol. The molecule has 1 fully saturated rings. The molecular weight excluding hydrogens is 236 g/mol. The predicted molar refractivity (Wildman–Crippen MR) is 80.8 cm³/mol. The van der Waals surface area contributed by atoms with Crippen LogP contribution in [0, 0.1) is 6.92 Å². The van der Waals surface area contributed by atoms with E-state index in [0.29, 0.717) is 6.04 Å². The average Bonchev–Trinajstić information content (AvgIpc) is 2.45. The molecule has 1 heterocycles. The molecule has 0 aliphatic heterocycles. The zero-order chi connectivity index (χ0) is 13.7. The number of hydrogen-bond donors (Lipinski definition) is 1. The van der Waals surface area contributed by atoms with Crippen molar-refractivity contribution in [3.63, 3.8) is 0 Å². The second-order valence-corrected chi connectivity index (χ2v) is 5.28. The largest absolute Gasteiger partial charge is 0.370 e. The van der Waals surface area contributed by atoms with E-state index < -0.39 is 0 Å². The molecule has 0 radical (unpaired) electrons. The van der Waals surface area contributed by atoms with Crippen molar-refractivity contribution >= 4 is 11.6 Å². The van der Waals surface area contributed by atoms with Gasteiger partial charge in [0.1, 0.15) is 18.0 Å². The standard InChI is InChI=1S/C15H26N4/c1-4-16-14-12(3)15(18-11-17-14)19(5-2)13-9-7-6-8-10-13/h11,13H,4-10H2,1-3H3,(H,16,17,18). The average molecular weight is 262 g/mol. The second-order valence-electron chi connectivity index (χ2n) is 5.28. The van der Waals surface area contributed by atoms with Gasteiger partial charge >= 0.3 is 0 Å². The molecule has 0 atom stereocenters. The normalized spacial score (nSPS) is 16.4. The molecule has 1 N–H and O–H groups in total. The van der Waals surface area contributed by atoms with Gasteiger partial charge < -0.3 is 10.2 Å². The van der Waals surface area contributed by atoms with Crippen molar-refractivity contribution < 1.29 is 0 Å². The van der Waals surface area contributed by atoms with Gasteiger partial charge in [-0.1, -0.05) is 19.3 Å². The highest BCUT2D eigenvalue weighted by Crippen LogP contribution is 2.29. The Balaban J connectivity index is 2.24. The molecule has 4 nitrogen and oxygen atoms in total. The smallest absolute Gasteiger partial charge is 0.137 e. The van der Waals surface area contributed by atoms with Crippen LogP contribution in [0.25, 0.3) is 0 Å². The fourth-order valence-corrected chi connectivity index (χ4v) is 3.05. The Hall–Kier alpha value is -1.32. The van der Waals surface area contributed by atoms with E-state index in [4.69, 9.17) is 0 Å². The van der Waals surface area contributed by atoms with Gasteiger partial charge in [-0.2, -0.15) is 0 Å². The molecule has 0 spiro atoms. The summed E-state index contributed by atoms with van der Waals surface area (Å²) in [5.41, 5.74) is 1.18. The van der Waals surface area contributed by atoms with Crippen LogP contribution in [-0.2, 0) is 0 Å². The number of aromatic nitrogens is 2. The molecule has 19 heavy (non-hydrogen) atoms. The molecule has 0 amide bonds. The van der Waals surface area contributed by atoms with Crippen LogP contribution in [0.2, 0.25) is 0 Å². The number of nitrogens with one attached hydrogen (secondary N) is 1. The molecule has 1 aromatic heterocycles. The highest BCUT2D eigenvalue weighted by Gasteiger charge is 2.23. The molecule has 4 heteroatoms. The maximum atomic E-state index is 4.54. The van der Waals surface area contributed by atoms with E-state index in [-0.39, 0.29) is 0 Å². The van der Waals surface area contributed by atoms with Gasteiger partial charge in [-0.15, -0.1) is 0 Å². The SMILES string of the molecule is CCNc1ncnc(N(CC)C2CCCCC2)c1C. The Kier molecular flexibility index (Phi) is 5.00. The van der Waals surface area contributed by atoms with E-state index in [0.717, 1.165) is 24.7 Å². The maximum Gasteiger partial charge on any atom is 0.137 e. The summed E-state index contributed by atoms with van der Waals surface area (Å²) in [4.78, 5) is 11.4. The predicted octanol–water partition coefficient (Wildman–Crippen LogP) is 3.38. The Labute approximate surface area is 116 Å². The molecule has 1 aromatic rings. The number of anilines is 2. The molecule has 2 rings (SSSR count). The van der Waals surface area contributed by atoms with E-state index in [9.17, 15) is 0 Å². The van der Waals surface area contributed by atoms with Gasteiger partial charge in [0.25, 0.3) is 0 Å². The Morgan fingerprint density at radius 1 is 1.21 bits per heavy atom. The third-order valence-electron chi connectivity index (χ3n) is 4.03. The van der Waals surface area contributed by atoms with Gasteiger partial charge in [-0.25, -0.2) is 9.97 Å². The summed E-state index contributed by atoms with van der Waals surface area (Å²) < 4.78 is 0. The van der Waals surface area contributed by atoms with Crippen LogP contribution in [0.1, 0.15) is 51.5 Å². The van der Waals surface area contributed by atoms with E-state index in [1.807, 2.05) is 0 Å². The highest BCUT2D eigenvalue weighted by atomic mass is 15.2. The van der Waals surface area contributed by atoms with Crippen LogP contribution in [-0.4, -0.2) is 29.1 Å². The Morgan fingerprint density at radius 3 is 2.58 bits per heavy atom. The third-order valence-corrected chi connectivity index (χ3v) is 4.03. The van der Waals surface area contributed by atoms with Gasteiger partial charge in [-0.05, 0) is 33.6 Å². The van der Waals surface area contributed by atoms with Crippen LogP contribution in [0.15, 0.2) is 6.33 Å². The van der Waals surface area contributed by atoms with Gasteiger partial charge in [0, 0.05) is 24.7 Å². The Bertz CT molecular complexity index is 399. The number of rotatable bonds is 5. The van der Waals surface area contributed by atoms with Crippen LogP contribution in [0.3, 0.4) is 0 Å². The minimum Gasteiger partial charge on any atom is -0.370 e. The lowest BCUT2D eigenvalue weighted by Gasteiger charge is -2.35. The van der Waals surface area contributed by atoms with E-state index >= 15 is 0 Å². The maximum absolute atomic E-state index is 4.54. The van der Waals surface area contributed by atoms with Crippen molar-refractivity contribution in [3.8, 4) is 0 Å². The van der Waals surface area contributed by atoms with Crippen molar-refractivity contribution in [2.45, 2.75) is 58.9 Å². The summed E-state index contributed by atoms with van der Waals surface area (Å²) in [6, 6.07) is 0.654. The molecular formula is C15H26N4. The molecule has 1 saturated carbocycles. The second kappa shape index (κ2) is 6.73. The first kappa shape index (κ1) is 14.1. The minimum absolute atomic E-state index is 0.654. The molecule has 0 saturated heterocycles. The lowest BCUT2D eigenvalue weighted by Crippen LogP contribution is -2.37. The van der Waals surface area contributed by atoms with Crippen molar-refractivity contribution in [1.29, 1.82) is 0 Å². The van der Waals surface area contributed by atoms with Crippen molar-refractivity contribution in [2.24, 2.45) is 0 Å². The molecule has 106 valence electrons. The van der Waals surface area contributed by atoms with Crippen LogP contribution in [0.5, 0.6) is 0 Å². The summed E-state index contributed by atoms with van der Waals surface area (Å²) in [5.74, 6) is 2.09. The van der Waals surface area contributed by atoms with Gasteiger partial charge in [0.05, 0.1) is 0 Å². The minimum atomic E-state index is 0.654. The van der Waals surface area contributed by atoms with Gasteiger partial charge in [0.15, 0.2) is 0 Å². The first-order valence-corrected chi connectivity index (χ1v) is 7.60. The van der Waals surface area contributed by atoms with Crippen LogP contribution in [0.4, 0.5) is 11.6 Å². The van der Waals surface area contributed by atoms with Crippen LogP contribution >= 0.6 is 0 Å². The molecule has 1 aliphatic carbocycles. The van der Waals surface area contributed by atoms with Gasteiger partial charge in [-0.3, -0.25) is 0 Å². The zero-order valence-corrected chi connectivity index (χ0v) is 12.4. The fourth-order valence-electron chi connectivity index (χ4n) is 3.05. The molecule has 0 bridgehead atoms. The first-order chi connectivity index (χ1) is 9.27. The molecule has 0 unspecified atom stereocenters. The van der Waals surface area contributed by atoms with Crippen molar-refractivity contribution in [1.82, 2.24) is 9.97 Å². The summed E-state index contributed by atoms with van der Waals surface area (Å²) in [6.45, 7) is 8.36. The summed E-state index contributed by atoms with van der Waals surface area (Å²) in [7, 11) is 0. The summed E-state index contributed by atoms with van der Waals surface area (Å²) in [6.07, 6.45) is 8.38. The first-order valence-electron chi connectivity index (χ1n) is 7.60. The van der Waals surface area contributed by atoms with Gasteiger partial charge in [0.2, 0.25) is 0 Å². The quantitative estimate of drug-likeness (QED) is 0.883. The highest BCUT2D eigenvalue weighted by molar-refractivity contribution is 5.58. The topological polar surface area (TPSA) is 41.1 Å². The van der Waals surface area contributed by atoms with E-state index in [1.165, 1.54) is 37.7 Å². The lowest BCUT2D eigenvalue weighted by molar-refractivity contribution is 0.416. The van der Waals surface area contributed by atoms with Crippen molar-refractivity contribution in [3.05, 3.63) is 11.9 Å². The molecule has 1 aliphatic rings. The van der Waals surface area contributed by atoms with E-state index in [2.05, 4.69) is 41.0 Å². The number of hydrogen-bond acceptors (Lipinski definition) is 4. The third kappa shape index (κ3) is 3.17. The summed E-state index contributed by atoms with van der Waals surface area (Å²) >= 11 is 0. The van der Waals surface area contributed by atoms with E-state index in [1.54, 1.807) is 6.33 Å². The summed E-state index contributed by atoms with van der Waals surface area (Å²) in [5, 5.41) is 3.32. The fraction of sp³-hybridized carbons (Fsp3) is 0.733.